The van der Waals surface area contributed by atoms with E-state index in [-0.39, 0.29) is 5.92 Å². The van der Waals surface area contributed by atoms with Gasteiger partial charge in [-0.3, -0.25) is 9.69 Å². The zero-order chi connectivity index (χ0) is 13.7. The Morgan fingerprint density at radius 2 is 1.89 bits per heavy atom. The summed E-state index contributed by atoms with van der Waals surface area (Å²) in [6.45, 7) is 12.3. The van der Waals surface area contributed by atoms with Gasteiger partial charge in [-0.2, -0.15) is 0 Å². The molecular weight excluding hydrogens is 228 g/mol. The Bertz CT molecular complexity index is 261. The lowest BCUT2D eigenvalue weighted by molar-refractivity contribution is -0.142. The highest BCUT2D eigenvalue weighted by atomic mass is 16.4. The van der Waals surface area contributed by atoms with Crippen molar-refractivity contribution in [2.24, 2.45) is 5.92 Å². The second-order valence-electron chi connectivity index (χ2n) is 5.69. The van der Waals surface area contributed by atoms with E-state index in [9.17, 15) is 4.79 Å². The lowest BCUT2D eigenvalue weighted by Crippen LogP contribution is -2.48. The van der Waals surface area contributed by atoms with Gasteiger partial charge < -0.3 is 10.0 Å². The number of piperidine rings is 1. The van der Waals surface area contributed by atoms with Crippen molar-refractivity contribution in [1.82, 2.24) is 9.80 Å². The average Bonchev–Trinajstić information content (AvgIpc) is 2.35. The molecule has 18 heavy (non-hydrogen) atoms. The number of rotatable bonds is 6. The van der Waals surface area contributed by atoms with Crippen molar-refractivity contribution in [3.63, 3.8) is 0 Å². The number of likely N-dealkylation sites (tertiary alicyclic amines) is 1. The molecule has 0 aliphatic carbocycles. The molecule has 1 aliphatic heterocycles. The van der Waals surface area contributed by atoms with Gasteiger partial charge in [-0.15, -0.1) is 0 Å². The van der Waals surface area contributed by atoms with Crippen LogP contribution in [0, 0.1) is 5.92 Å². The van der Waals surface area contributed by atoms with Gasteiger partial charge in [-0.1, -0.05) is 13.8 Å². The van der Waals surface area contributed by atoms with Crippen LogP contribution in [0.3, 0.4) is 0 Å². The van der Waals surface area contributed by atoms with Crippen molar-refractivity contribution >= 4 is 5.97 Å². The largest absolute Gasteiger partial charge is 0.481 e. The van der Waals surface area contributed by atoms with Crippen molar-refractivity contribution in [3.05, 3.63) is 0 Å². The molecule has 4 nitrogen and oxygen atoms in total. The maximum Gasteiger partial charge on any atom is 0.307 e. The molecule has 1 atom stereocenters. The van der Waals surface area contributed by atoms with Crippen molar-refractivity contribution in [1.29, 1.82) is 0 Å². The Kier molecular flexibility index (Phi) is 6.09. The first-order valence-electron chi connectivity index (χ1n) is 7.16. The third-order valence-electron chi connectivity index (χ3n) is 4.08. The van der Waals surface area contributed by atoms with Crippen LogP contribution in [0.2, 0.25) is 0 Å². The quantitative estimate of drug-likeness (QED) is 0.788. The normalized spacial score (nSPS) is 20.6. The molecule has 0 aromatic heterocycles. The molecule has 0 amide bonds. The Morgan fingerprint density at radius 1 is 1.33 bits per heavy atom. The summed E-state index contributed by atoms with van der Waals surface area (Å²) in [7, 11) is 0. The number of carbonyl (C=O) groups is 1. The number of carboxylic acids is 1. The second kappa shape index (κ2) is 7.10. The van der Waals surface area contributed by atoms with Crippen molar-refractivity contribution < 1.29 is 9.90 Å². The molecule has 1 N–H and O–H groups in total. The summed E-state index contributed by atoms with van der Waals surface area (Å²) in [4.78, 5) is 15.8. The second-order valence-corrected chi connectivity index (χ2v) is 5.69. The lowest BCUT2D eigenvalue weighted by Gasteiger charge is -2.40. The highest BCUT2D eigenvalue weighted by molar-refractivity contribution is 5.69. The van der Waals surface area contributed by atoms with Crippen molar-refractivity contribution in [2.75, 3.05) is 26.2 Å². The molecule has 0 radical (unpaired) electrons. The molecule has 1 saturated heterocycles. The SMILES string of the molecule is CCN(CC(C)C(=O)O)C1CCN(C(C)C)CC1. The third kappa shape index (κ3) is 4.25. The summed E-state index contributed by atoms with van der Waals surface area (Å²) in [5.74, 6) is -0.957. The van der Waals surface area contributed by atoms with Crippen LogP contribution in [-0.4, -0.2) is 59.1 Å². The van der Waals surface area contributed by atoms with E-state index in [1.54, 1.807) is 6.92 Å². The van der Waals surface area contributed by atoms with Crippen molar-refractivity contribution in [3.8, 4) is 0 Å². The minimum atomic E-state index is -0.687. The molecule has 0 spiro atoms. The van der Waals surface area contributed by atoms with E-state index in [0.717, 1.165) is 19.6 Å². The monoisotopic (exact) mass is 256 g/mol. The molecule has 106 valence electrons. The van der Waals surface area contributed by atoms with Gasteiger partial charge in [-0.25, -0.2) is 0 Å². The molecule has 1 heterocycles. The summed E-state index contributed by atoms with van der Waals surface area (Å²) in [5, 5.41) is 9.00. The number of aliphatic carboxylic acids is 1. The number of nitrogens with zero attached hydrogens (tertiary/aromatic N) is 2. The van der Waals surface area contributed by atoms with Gasteiger partial charge in [-0.05, 0) is 46.3 Å². The van der Waals surface area contributed by atoms with Crippen LogP contribution < -0.4 is 0 Å². The first-order valence-corrected chi connectivity index (χ1v) is 7.16. The Morgan fingerprint density at radius 3 is 2.28 bits per heavy atom. The zero-order valence-corrected chi connectivity index (χ0v) is 12.2. The zero-order valence-electron chi connectivity index (χ0n) is 12.2. The van der Waals surface area contributed by atoms with E-state index in [2.05, 4.69) is 30.6 Å². The van der Waals surface area contributed by atoms with E-state index in [1.807, 2.05) is 0 Å². The van der Waals surface area contributed by atoms with Crippen LogP contribution in [0.25, 0.3) is 0 Å². The summed E-state index contributed by atoms with van der Waals surface area (Å²) in [5.41, 5.74) is 0. The lowest BCUT2D eigenvalue weighted by atomic mass is 10.0. The summed E-state index contributed by atoms with van der Waals surface area (Å²) in [6, 6.07) is 1.19. The number of hydrogen-bond donors (Lipinski definition) is 1. The molecule has 0 bridgehead atoms. The molecule has 1 rings (SSSR count). The van der Waals surface area contributed by atoms with Gasteiger partial charge >= 0.3 is 5.97 Å². The Hall–Kier alpha value is -0.610. The van der Waals surface area contributed by atoms with Crippen LogP contribution >= 0.6 is 0 Å². The van der Waals surface area contributed by atoms with Gasteiger partial charge in [0, 0.05) is 18.6 Å². The minimum Gasteiger partial charge on any atom is -0.481 e. The van der Waals surface area contributed by atoms with Crippen LogP contribution in [-0.2, 0) is 4.79 Å². The van der Waals surface area contributed by atoms with Crippen LogP contribution in [0.15, 0.2) is 0 Å². The standard InChI is InChI=1S/C14H28N2O2/c1-5-15(10-12(4)14(17)18)13-6-8-16(9-7-13)11(2)3/h11-13H,5-10H2,1-4H3,(H,17,18). The fraction of sp³-hybridized carbons (Fsp3) is 0.929. The summed E-state index contributed by atoms with van der Waals surface area (Å²) in [6.07, 6.45) is 2.33. The first kappa shape index (κ1) is 15.4. The minimum absolute atomic E-state index is 0.270. The molecule has 1 aliphatic rings. The van der Waals surface area contributed by atoms with Gasteiger partial charge in [0.2, 0.25) is 0 Å². The summed E-state index contributed by atoms with van der Waals surface area (Å²) < 4.78 is 0. The molecule has 0 aromatic rings. The fourth-order valence-corrected chi connectivity index (χ4v) is 2.73. The van der Waals surface area contributed by atoms with Crippen LogP contribution in [0.4, 0.5) is 0 Å². The third-order valence-corrected chi connectivity index (χ3v) is 4.08. The van der Waals surface area contributed by atoms with Gasteiger partial charge in [0.15, 0.2) is 0 Å². The van der Waals surface area contributed by atoms with Gasteiger partial charge in [0.25, 0.3) is 0 Å². The molecular formula is C14H28N2O2. The molecule has 0 saturated carbocycles. The maximum absolute atomic E-state index is 10.9. The smallest absolute Gasteiger partial charge is 0.307 e. The predicted octanol–water partition coefficient (Wildman–Crippen LogP) is 1.90. The first-order chi connectivity index (χ1) is 8.45. The highest BCUT2D eigenvalue weighted by Gasteiger charge is 2.26. The van der Waals surface area contributed by atoms with E-state index >= 15 is 0 Å². The fourth-order valence-electron chi connectivity index (χ4n) is 2.73. The van der Waals surface area contributed by atoms with Gasteiger partial charge in [0.1, 0.15) is 0 Å². The van der Waals surface area contributed by atoms with Gasteiger partial charge in [0.05, 0.1) is 5.92 Å². The predicted molar refractivity (Wildman–Crippen MR) is 73.8 cm³/mol. The molecule has 0 aromatic carbocycles. The Labute approximate surface area is 111 Å². The highest BCUT2D eigenvalue weighted by Crippen LogP contribution is 2.19. The van der Waals surface area contributed by atoms with E-state index in [4.69, 9.17) is 5.11 Å². The maximum atomic E-state index is 10.9. The molecule has 1 fully saturated rings. The van der Waals surface area contributed by atoms with Crippen LogP contribution in [0.1, 0.15) is 40.5 Å². The van der Waals surface area contributed by atoms with E-state index < -0.39 is 5.97 Å². The number of hydrogen-bond acceptors (Lipinski definition) is 3. The Balaban J connectivity index is 2.45. The molecule has 1 unspecified atom stereocenters. The molecule has 4 heteroatoms. The van der Waals surface area contributed by atoms with Crippen molar-refractivity contribution in [2.45, 2.75) is 52.6 Å². The van der Waals surface area contributed by atoms with E-state index in [1.165, 1.54) is 12.8 Å². The van der Waals surface area contributed by atoms with E-state index in [0.29, 0.717) is 18.6 Å². The topological polar surface area (TPSA) is 43.8 Å². The number of carboxylic acid groups (broad SMARTS) is 1. The summed E-state index contributed by atoms with van der Waals surface area (Å²) >= 11 is 0. The van der Waals surface area contributed by atoms with Crippen LogP contribution in [0.5, 0.6) is 0 Å². The average molecular weight is 256 g/mol.